The third kappa shape index (κ3) is 3.46. The highest BCUT2D eigenvalue weighted by Crippen LogP contribution is 2.19. The van der Waals surface area contributed by atoms with E-state index >= 15 is 0 Å². The van der Waals surface area contributed by atoms with E-state index in [2.05, 4.69) is 9.72 Å². The van der Waals surface area contributed by atoms with Gasteiger partial charge in [0, 0.05) is 0 Å². The van der Waals surface area contributed by atoms with Crippen molar-refractivity contribution in [3.63, 3.8) is 0 Å². The Morgan fingerprint density at radius 3 is 2.67 bits per heavy atom. The summed E-state index contributed by atoms with van der Waals surface area (Å²) in [5, 5.41) is 8.54. The highest BCUT2D eigenvalue weighted by Gasteiger charge is 2.28. The molecule has 0 radical (unpaired) electrons. The summed E-state index contributed by atoms with van der Waals surface area (Å²) in [5.74, 6) is 0.00354. The van der Waals surface area contributed by atoms with Crippen LogP contribution in [-0.4, -0.2) is 17.8 Å². The first-order valence-electron chi connectivity index (χ1n) is 3.98. The van der Waals surface area contributed by atoms with Gasteiger partial charge in [0.2, 0.25) is 0 Å². The van der Waals surface area contributed by atoms with E-state index in [0.29, 0.717) is 5.56 Å². The number of pyridine rings is 1. The van der Waals surface area contributed by atoms with Crippen LogP contribution in [0.15, 0.2) is 12.3 Å². The van der Waals surface area contributed by atoms with Gasteiger partial charge < -0.3 is 4.74 Å². The molecule has 0 spiro atoms. The molecule has 0 unspecified atom stereocenters. The Hall–Kier alpha value is -1.77. The van der Waals surface area contributed by atoms with Gasteiger partial charge in [-0.05, 0) is 18.6 Å². The zero-order valence-electron chi connectivity index (χ0n) is 7.80. The van der Waals surface area contributed by atoms with Gasteiger partial charge in [0.15, 0.2) is 6.61 Å². The molecule has 0 aliphatic rings. The van der Waals surface area contributed by atoms with E-state index in [-0.39, 0.29) is 11.4 Å². The number of hydrogen-bond donors (Lipinski definition) is 0. The molecule has 80 valence electrons. The molecule has 0 bridgehead atoms. The fraction of sp³-hybridized carbons (Fsp3) is 0.333. The van der Waals surface area contributed by atoms with Crippen LogP contribution in [0.1, 0.15) is 11.3 Å². The third-order valence-electron chi connectivity index (χ3n) is 1.56. The van der Waals surface area contributed by atoms with Gasteiger partial charge >= 0.3 is 6.18 Å². The fourth-order valence-electron chi connectivity index (χ4n) is 0.910. The monoisotopic (exact) mass is 216 g/mol. The first-order valence-corrected chi connectivity index (χ1v) is 3.98. The second-order valence-corrected chi connectivity index (χ2v) is 2.85. The van der Waals surface area contributed by atoms with Crippen molar-refractivity contribution in [3.05, 3.63) is 23.5 Å². The summed E-state index contributed by atoms with van der Waals surface area (Å²) in [6.45, 7) is 0.214. The van der Waals surface area contributed by atoms with Crippen LogP contribution in [0.3, 0.4) is 0 Å². The topological polar surface area (TPSA) is 45.9 Å². The summed E-state index contributed by atoms with van der Waals surface area (Å²) in [6.07, 6.45) is -3.28. The number of nitrogens with zero attached hydrogens (tertiary/aromatic N) is 2. The molecule has 0 saturated heterocycles. The number of rotatable bonds is 2. The highest BCUT2D eigenvalue weighted by atomic mass is 19.4. The van der Waals surface area contributed by atoms with Crippen LogP contribution >= 0.6 is 0 Å². The van der Waals surface area contributed by atoms with E-state index in [4.69, 9.17) is 5.26 Å². The zero-order chi connectivity index (χ0) is 11.5. The van der Waals surface area contributed by atoms with Gasteiger partial charge in [-0.3, -0.25) is 0 Å². The van der Waals surface area contributed by atoms with Gasteiger partial charge in [-0.25, -0.2) is 4.98 Å². The molecule has 0 N–H and O–H groups in total. The molecule has 1 aromatic heterocycles. The summed E-state index contributed by atoms with van der Waals surface area (Å²) in [7, 11) is 0. The molecule has 15 heavy (non-hydrogen) atoms. The third-order valence-corrected chi connectivity index (χ3v) is 1.56. The zero-order valence-corrected chi connectivity index (χ0v) is 7.80. The average molecular weight is 216 g/mol. The van der Waals surface area contributed by atoms with Gasteiger partial charge in [0.25, 0.3) is 0 Å². The first-order chi connectivity index (χ1) is 6.92. The molecule has 1 heterocycles. The van der Waals surface area contributed by atoms with Crippen molar-refractivity contribution in [1.82, 2.24) is 4.98 Å². The van der Waals surface area contributed by atoms with Crippen molar-refractivity contribution in [1.29, 1.82) is 5.26 Å². The van der Waals surface area contributed by atoms with Crippen molar-refractivity contribution in [2.24, 2.45) is 0 Å². The molecular formula is C9H7F3N2O. The Morgan fingerprint density at radius 2 is 2.20 bits per heavy atom. The lowest BCUT2D eigenvalue weighted by molar-refractivity contribution is -0.153. The number of halogens is 3. The van der Waals surface area contributed by atoms with Crippen molar-refractivity contribution < 1.29 is 17.9 Å². The molecule has 6 heteroatoms. The van der Waals surface area contributed by atoms with Gasteiger partial charge in [-0.1, -0.05) is 0 Å². The van der Waals surface area contributed by atoms with Crippen LogP contribution in [0.2, 0.25) is 0 Å². The molecule has 0 fully saturated rings. The van der Waals surface area contributed by atoms with E-state index in [9.17, 15) is 13.2 Å². The maximum Gasteiger partial charge on any atom is 0.422 e. The Morgan fingerprint density at radius 1 is 1.53 bits per heavy atom. The standard InChI is InChI=1S/C9H7F3N2O/c1-6-2-7(4-14-8(6)3-13)15-5-9(10,11)12/h2,4H,5H2,1H3. The fourth-order valence-corrected chi connectivity index (χ4v) is 0.910. The van der Waals surface area contributed by atoms with Crippen molar-refractivity contribution >= 4 is 0 Å². The van der Waals surface area contributed by atoms with Crippen LogP contribution < -0.4 is 4.74 Å². The summed E-state index contributed by atoms with van der Waals surface area (Å²) in [6, 6.07) is 3.15. The molecule has 0 saturated carbocycles. The molecule has 1 aromatic rings. The van der Waals surface area contributed by atoms with Gasteiger partial charge in [-0.15, -0.1) is 0 Å². The van der Waals surface area contributed by atoms with Crippen LogP contribution in [0.5, 0.6) is 5.75 Å². The lowest BCUT2D eigenvalue weighted by Crippen LogP contribution is -2.19. The average Bonchev–Trinajstić information content (AvgIpc) is 2.14. The number of hydrogen-bond acceptors (Lipinski definition) is 3. The minimum atomic E-state index is -4.37. The molecule has 3 nitrogen and oxygen atoms in total. The summed E-state index contributed by atoms with van der Waals surface area (Å²) >= 11 is 0. The second-order valence-electron chi connectivity index (χ2n) is 2.85. The molecular weight excluding hydrogens is 209 g/mol. The van der Waals surface area contributed by atoms with Crippen molar-refractivity contribution in [3.8, 4) is 11.8 Å². The van der Waals surface area contributed by atoms with Gasteiger partial charge in [-0.2, -0.15) is 18.4 Å². The van der Waals surface area contributed by atoms with E-state index < -0.39 is 12.8 Å². The van der Waals surface area contributed by atoms with Crippen LogP contribution in [0.4, 0.5) is 13.2 Å². The molecule has 1 rings (SSSR count). The molecule has 0 aliphatic carbocycles. The lowest BCUT2D eigenvalue weighted by atomic mass is 10.2. The maximum atomic E-state index is 11.8. The number of aryl methyl sites for hydroxylation is 1. The smallest absolute Gasteiger partial charge is 0.422 e. The SMILES string of the molecule is Cc1cc(OCC(F)(F)F)cnc1C#N. The number of alkyl halides is 3. The number of ether oxygens (including phenoxy) is 1. The molecule has 0 aliphatic heterocycles. The highest BCUT2D eigenvalue weighted by molar-refractivity contribution is 5.35. The van der Waals surface area contributed by atoms with E-state index in [1.54, 1.807) is 13.0 Å². The summed E-state index contributed by atoms with van der Waals surface area (Å²) in [5.41, 5.74) is 0.659. The van der Waals surface area contributed by atoms with Crippen molar-refractivity contribution in [2.45, 2.75) is 13.1 Å². The Labute approximate surface area is 84.1 Å². The summed E-state index contributed by atoms with van der Waals surface area (Å²) in [4.78, 5) is 3.64. The lowest BCUT2D eigenvalue weighted by Gasteiger charge is -2.09. The van der Waals surface area contributed by atoms with Gasteiger partial charge in [0.1, 0.15) is 17.5 Å². The predicted molar refractivity (Wildman–Crippen MR) is 45.2 cm³/mol. The van der Waals surface area contributed by atoms with E-state index in [1.165, 1.54) is 6.07 Å². The van der Waals surface area contributed by atoms with Crippen LogP contribution in [0, 0.1) is 18.3 Å². The minimum absolute atomic E-state index is 0.00354. The maximum absolute atomic E-state index is 11.8. The molecule has 0 amide bonds. The van der Waals surface area contributed by atoms with E-state index in [0.717, 1.165) is 6.20 Å². The molecule has 0 atom stereocenters. The van der Waals surface area contributed by atoms with Gasteiger partial charge in [0.05, 0.1) is 6.20 Å². The van der Waals surface area contributed by atoms with Crippen molar-refractivity contribution in [2.75, 3.05) is 6.61 Å². The first kappa shape index (κ1) is 11.3. The molecule has 0 aromatic carbocycles. The second kappa shape index (κ2) is 4.17. The number of nitriles is 1. The quantitative estimate of drug-likeness (QED) is 0.761. The van der Waals surface area contributed by atoms with E-state index in [1.807, 2.05) is 0 Å². The Bertz CT molecular complexity index is 395. The Kier molecular flexibility index (Phi) is 3.14. The normalized spacial score (nSPS) is 10.9. The summed E-state index contributed by atoms with van der Waals surface area (Å²) < 4.78 is 39.8. The van der Waals surface area contributed by atoms with Crippen LogP contribution in [-0.2, 0) is 0 Å². The predicted octanol–water partition coefficient (Wildman–Crippen LogP) is 2.20. The minimum Gasteiger partial charge on any atom is -0.482 e. The largest absolute Gasteiger partial charge is 0.482 e. The Balaban J connectivity index is 2.73. The van der Waals surface area contributed by atoms with Crippen LogP contribution in [0.25, 0.3) is 0 Å². The number of aromatic nitrogens is 1.